The Labute approximate surface area is 156 Å². The third kappa shape index (κ3) is 4.24. The van der Waals surface area contributed by atoms with E-state index in [4.69, 9.17) is 4.74 Å². The molecule has 3 rings (SSSR count). The highest BCUT2D eigenvalue weighted by molar-refractivity contribution is 7.99. The van der Waals surface area contributed by atoms with Gasteiger partial charge in [0.1, 0.15) is 11.6 Å². The van der Waals surface area contributed by atoms with Gasteiger partial charge in [-0.15, -0.1) is 5.10 Å². The zero-order chi connectivity index (χ0) is 18.5. The lowest BCUT2D eigenvalue weighted by molar-refractivity contribution is -0.129. The first-order valence-corrected chi connectivity index (χ1v) is 9.54. The highest BCUT2D eigenvalue weighted by Crippen LogP contribution is 2.26. The van der Waals surface area contributed by atoms with E-state index >= 15 is 0 Å². The second-order valence-corrected chi connectivity index (χ2v) is 7.18. The predicted octanol–water partition coefficient (Wildman–Crippen LogP) is 2.34. The molecule has 2 aromatic rings. The van der Waals surface area contributed by atoms with E-state index in [0.29, 0.717) is 29.6 Å². The summed E-state index contributed by atoms with van der Waals surface area (Å²) in [4.78, 5) is 31.4. The smallest absolute Gasteiger partial charge is 0.233 e. The van der Waals surface area contributed by atoms with E-state index in [1.807, 2.05) is 19.1 Å². The van der Waals surface area contributed by atoms with Crippen LogP contribution in [0.15, 0.2) is 29.4 Å². The van der Waals surface area contributed by atoms with Gasteiger partial charge in [-0.25, -0.2) is 4.98 Å². The third-order valence-corrected chi connectivity index (χ3v) is 5.25. The fraction of sp³-hybridized carbons (Fsp3) is 0.444. The minimum absolute atomic E-state index is 0.00924. The molecule has 0 bridgehead atoms. The molecule has 26 heavy (non-hydrogen) atoms. The van der Waals surface area contributed by atoms with E-state index < -0.39 is 0 Å². The molecule has 0 aliphatic carbocycles. The second kappa shape index (κ2) is 8.35. The number of carbonyl (C=O) groups is 2. The van der Waals surface area contributed by atoms with Crippen molar-refractivity contribution in [3.63, 3.8) is 0 Å². The van der Waals surface area contributed by atoms with Crippen LogP contribution in [0.5, 0.6) is 5.75 Å². The Morgan fingerprint density at radius 3 is 2.92 bits per heavy atom. The third-order valence-electron chi connectivity index (χ3n) is 4.42. The number of methoxy groups -OCH3 is 1. The number of rotatable bonds is 6. The van der Waals surface area contributed by atoms with Crippen LogP contribution in [0.1, 0.15) is 29.0 Å². The number of piperidine rings is 1. The maximum absolute atomic E-state index is 12.9. The summed E-state index contributed by atoms with van der Waals surface area (Å²) in [5.74, 6) is 1.43. The van der Waals surface area contributed by atoms with Gasteiger partial charge in [-0.2, -0.15) is 0 Å². The van der Waals surface area contributed by atoms with Gasteiger partial charge in [0.05, 0.1) is 18.4 Å². The molecule has 1 fully saturated rings. The lowest BCUT2D eigenvalue weighted by atomic mass is 9.89. The van der Waals surface area contributed by atoms with Crippen molar-refractivity contribution in [3.05, 3.63) is 35.7 Å². The average molecular weight is 374 g/mol. The number of nitrogens with one attached hydrogen (secondary N) is 1. The highest BCUT2D eigenvalue weighted by atomic mass is 32.2. The number of nitrogens with zero attached hydrogens (tertiary/aromatic N) is 3. The number of likely N-dealkylation sites (tertiary alicyclic amines) is 1. The molecule has 1 aliphatic rings. The molecule has 0 unspecified atom stereocenters. The quantitative estimate of drug-likeness (QED) is 0.617. The molecule has 1 N–H and O–H groups in total. The van der Waals surface area contributed by atoms with Crippen LogP contribution >= 0.6 is 11.8 Å². The number of aromatic nitrogens is 3. The summed E-state index contributed by atoms with van der Waals surface area (Å²) in [6.45, 7) is 2.95. The molecule has 1 atom stereocenters. The Balaban J connectivity index is 1.61. The molecule has 1 aromatic heterocycles. The van der Waals surface area contributed by atoms with Crippen molar-refractivity contribution in [3.8, 4) is 5.75 Å². The molecule has 0 saturated carbocycles. The molecule has 1 aromatic carbocycles. The van der Waals surface area contributed by atoms with Gasteiger partial charge >= 0.3 is 0 Å². The first kappa shape index (κ1) is 18.4. The van der Waals surface area contributed by atoms with E-state index in [-0.39, 0.29) is 23.4 Å². The number of ether oxygens (including phenoxy) is 1. The molecule has 138 valence electrons. The molecule has 2 heterocycles. The number of para-hydroxylation sites is 1. The van der Waals surface area contributed by atoms with Crippen LogP contribution in [-0.4, -0.2) is 57.7 Å². The molecule has 0 radical (unpaired) electrons. The van der Waals surface area contributed by atoms with Gasteiger partial charge < -0.3 is 9.64 Å². The van der Waals surface area contributed by atoms with Crippen molar-refractivity contribution in [1.82, 2.24) is 20.1 Å². The van der Waals surface area contributed by atoms with E-state index in [2.05, 4.69) is 15.2 Å². The number of Topliss-reactive ketones (excluding diaryl/α,β-unsaturated/α-hetero) is 1. The Kier molecular flexibility index (Phi) is 5.92. The number of ketones is 1. The molecule has 7 nitrogen and oxygen atoms in total. The molecular formula is C18H22N4O3S. The van der Waals surface area contributed by atoms with Crippen LogP contribution in [0.2, 0.25) is 0 Å². The number of hydrogen-bond donors (Lipinski definition) is 1. The summed E-state index contributed by atoms with van der Waals surface area (Å²) >= 11 is 1.31. The van der Waals surface area contributed by atoms with E-state index in [1.54, 1.807) is 24.1 Å². The Bertz CT molecular complexity index is 792. The monoisotopic (exact) mass is 374 g/mol. The van der Waals surface area contributed by atoms with Crippen molar-refractivity contribution in [2.45, 2.75) is 24.9 Å². The van der Waals surface area contributed by atoms with Crippen molar-refractivity contribution < 1.29 is 14.3 Å². The molecule has 1 saturated heterocycles. The number of aryl methyl sites for hydroxylation is 1. The van der Waals surface area contributed by atoms with Gasteiger partial charge in [-0.1, -0.05) is 23.9 Å². The topological polar surface area (TPSA) is 88.2 Å². The fourth-order valence-corrected chi connectivity index (χ4v) is 3.84. The molecule has 0 spiro atoms. The van der Waals surface area contributed by atoms with Crippen molar-refractivity contribution >= 4 is 23.5 Å². The van der Waals surface area contributed by atoms with Crippen LogP contribution in [0, 0.1) is 12.8 Å². The molecular weight excluding hydrogens is 352 g/mol. The fourth-order valence-electron chi connectivity index (χ4n) is 3.09. The number of aromatic amines is 1. The second-order valence-electron chi connectivity index (χ2n) is 6.24. The first-order chi connectivity index (χ1) is 12.6. The molecule has 1 aliphatic heterocycles. The van der Waals surface area contributed by atoms with Gasteiger partial charge in [-0.3, -0.25) is 14.7 Å². The number of carbonyl (C=O) groups excluding carboxylic acids is 2. The SMILES string of the molecule is COc1ccccc1C(=O)[C@H]1CCCN(C(=O)CSc2n[nH]c(C)n2)C1. The zero-order valence-corrected chi connectivity index (χ0v) is 15.7. The van der Waals surface area contributed by atoms with Crippen LogP contribution in [0.3, 0.4) is 0 Å². The van der Waals surface area contributed by atoms with Crippen molar-refractivity contribution in [2.75, 3.05) is 26.0 Å². The van der Waals surface area contributed by atoms with E-state index in [1.165, 1.54) is 11.8 Å². The van der Waals surface area contributed by atoms with E-state index in [0.717, 1.165) is 18.7 Å². The Morgan fingerprint density at radius 2 is 2.19 bits per heavy atom. The lowest BCUT2D eigenvalue weighted by Gasteiger charge is -2.32. The summed E-state index contributed by atoms with van der Waals surface area (Å²) in [5.41, 5.74) is 0.583. The number of amides is 1. The van der Waals surface area contributed by atoms with Gasteiger partial charge in [0, 0.05) is 19.0 Å². The highest BCUT2D eigenvalue weighted by Gasteiger charge is 2.30. The zero-order valence-electron chi connectivity index (χ0n) is 14.9. The lowest BCUT2D eigenvalue weighted by Crippen LogP contribution is -2.43. The maximum Gasteiger partial charge on any atom is 0.233 e. The first-order valence-electron chi connectivity index (χ1n) is 8.55. The van der Waals surface area contributed by atoms with Gasteiger partial charge in [0.2, 0.25) is 11.1 Å². The normalized spacial score (nSPS) is 17.2. The van der Waals surface area contributed by atoms with Gasteiger partial charge in [0.15, 0.2) is 5.78 Å². The van der Waals surface area contributed by atoms with Crippen molar-refractivity contribution in [1.29, 1.82) is 0 Å². The Morgan fingerprint density at radius 1 is 1.38 bits per heavy atom. The standard InChI is InChI=1S/C18H22N4O3S/c1-12-19-18(21-20-12)26-11-16(23)22-9-5-6-13(10-22)17(24)14-7-3-4-8-15(14)25-2/h3-4,7-8,13H,5-6,9-11H2,1-2H3,(H,19,20,21)/t13-/m0/s1. The van der Waals surface area contributed by atoms with Crippen molar-refractivity contribution in [2.24, 2.45) is 5.92 Å². The van der Waals surface area contributed by atoms with Gasteiger partial charge in [0.25, 0.3) is 0 Å². The summed E-state index contributed by atoms with van der Waals surface area (Å²) < 4.78 is 5.30. The number of thioether (sulfide) groups is 1. The van der Waals surface area contributed by atoms with Crippen LogP contribution < -0.4 is 4.74 Å². The van der Waals surface area contributed by atoms with Crippen LogP contribution in [0.25, 0.3) is 0 Å². The van der Waals surface area contributed by atoms with E-state index in [9.17, 15) is 9.59 Å². The van der Waals surface area contributed by atoms with Gasteiger partial charge in [-0.05, 0) is 31.9 Å². The predicted molar refractivity (Wildman–Crippen MR) is 98.5 cm³/mol. The number of benzene rings is 1. The molecule has 1 amide bonds. The summed E-state index contributed by atoms with van der Waals surface area (Å²) in [5, 5.41) is 7.35. The largest absolute Gasteiger partial charge is 0.496 e. The maximum atomic E-state index is 12.9. The summed E-state index contributed by atoms with van der Waals surface area (Å²) in [6, 6.07) is 7.24. The van der Waals surface area contributed by atoms with Crippen LogP contribution in [-0.2, 0) is 4.79 Å². The summed E-state index contributed by atoms with van der Waals surface area (Å²) in [7, 11) is 1.56. The Hall–Kier alpha value is -2.35. The summed E-state index contributed by atoms with van der Waals surface area (Å²) in [6.07, 6.45) is 1.61. The number of H-pyrrole nitrogens is 1. The average Bonchev–Trinajstić information content (AvgIpc) is 3.10. The number of hydrogen-bond acceptors (Lipinski definition) is 6. The minimum Gasteiger partial charge on any atom is -0.496 e. The minimum atomic E-state index is -0.195. The van der Waals surface area contributed by atoms with Crippen LogP contribution in [0.4, 0.5) is 0 Å². The molecule has 8 heteroatoms.